The number of hydrogen-bond acceptors (Lipinski definition) is 7. The molecule has 1 aromatic carbocycles. The highest BCUT2D eigenvalue weighted by molar-refractivity contribution is 7.89. The van der Waals surface area contributed by atoms with Crippen molar-refractivity contribution in [3.63, 3.8) is 0 Å². The van der Waals surface area contributed by atoms with Crippen LogP contribution < -0.4 is 15.3 Å². The van der Waals surface area contributed by atoms with Gasteiger partial charge in [0.1, 0.15) is 22.6 Å². The number of sulfonamides is 1. The molecule has 1 saturated heterocycles. The second-order valence-electron chi connectivity index (χ2n) is 9.01. The number of nitrogens with zero attached hydrogens (tertiary/aromatic N) is 1. The van der Waals surface area contributed by atoms with Crippen LogP contribution in [0.25, 0.3) is 11.0 Å². The molecule has 0 amide bonds. The normalized spacial score (nSPS) is 20.0. The number of hydrogen-bond donors (Lipinski definition) is 1. The van der Waals surface area contributed by atoms with Crippen LogP contribution in [0.1, 0.15) is 47.8 Å². The molecule has 1 aliphatic heterocycles. The van der Waals surface area contributed by atoms with Crippen molar-refractivity contribution in [2.45, 2.75) is 44.2 Å². The van der Waals surface area contributed by atoms with Crippen LogP contribution in [-0.4, -0.2) is 26.6 Å². The van der Waals surface area contributed by atoms with E-state index in [1.54, 1.807) is 19.9 Å². The molecule has 3 heterocycles. The topological polar surface area (TPSA) is 122 Å². The average molecular weight is 491 g/mol. The van der Waals surface area contributed by atoms with Crippen molar-refractivity contribution in [2.24, 2.45) is 10.6 Å². The number of nitrogens with two attached hydrogens (primary N) is 1. The number of halogens is 1. The summed E-state index contributed by atoms with van der Waals surface area (Å²) in [5, 5.41) is 5.28. The lowest BCUT2D eigenvalue weighted by molar-refractivity contribution is -0.0540. The third-order valence-electron chi connectivity index (χ3n) is 6.52. The van der Waals surface area contributed by atoms with Crippen molar-refractivity contribution in [3.05, 3.63) is 62.1 Å². The maximum atomic E-state index is 13.3. The van der Waals surface area contributed by atoms with Crippen molar-refractivity contribution in [2.75, 3.05) is 13.2 Å². The number of pyridine rings is 1. The van der Waals surface area contributed by atoms with E-state index < -0.39 is 21.2 Å². The molecule has 1 aliphatic carbocycles. The van der Waals surface area contributed by atoms with E-state index in [1.807, 2.05) is 13.0 Å². The molecule has 0 bridgehead atoms. The van der Waals surface area contributed by atoms with Crippen LogP contribution in [0.4, 0.5) is 0 Å². The van der Waals surface area contributed by atoms with Gasteiger partial charge in [0.15, 0.2) is 11.2 Å². The van der Waals surface area contributed by atoms with Gasteiger partial charge in [-0.15, -0.1) is 0 Å². The van der Waals surface area contributed by atoms with Gasteiger partial charge in [-0.1, -0.05) is 11.6 Å². The lowest BCUT2D eigenvalue weighted by Crippen LogP contribution is -2.31. The predicted molar refractivity (Wildman–Crippen MR) is 122 cm³/mol. The first-order valence-corrected chi connectivity index (χ1v) is 12.4. The van der Waals surface area contributed by atoms with E-state index in [0.717, 1.165) is 12.0 Å². The Morgan fingerprint density at radius 2 is 2.00 bits per heavy atom. The molecule has 1 unspecified atom stereocenters. The molecule has 3 aromatic rings. The van der Waals surface area contributed by atoms with Gasteiger partial charge in [0.25, 0.3) is 10.0 Å². The Balaban J connectivity index is 1.61. The first kappa shape index (κ1) is 22.3. The molecule has 8 nitrogen and oxygen atoms in total. The van der Waals surface area contributed by atoms with Crippen molar-refractivity contribution >= 4 is 32.6 Å². The van der Waals surface area contributed by atoms with Crippen molar-refractivity contribution in [3.8, 4) is 5.75 Å². The molecule has 2 fully saturated rings. The molecular weight excluding hydrogens is 468 g/mol. The monoisotopic (exact) mass is 490 g/mol. The Hall–Kier alpha value is -2.46. The first-order chi connectivity index (χ1) is 15.5. The SMILES string of the molecule is Cc1cc([C@@H](C)Oc2ccc(Cl)nc2S(N)(=O)=O)c2oc(C3CC34COC4)c(C)c(=O)c2c1. The minimum absolute atomic E-state index is 0.0236. The Labute approximate surface area is 195 Å². The van der Waals surface area contributed by atoms with Gasteiger partial charge in [0, 0.05) is 22.5 Å². The van der Waals surface area contributed by atoms with Crippen LogP contribution in [-0.2, 0) is 14.8 Å². The third-order valence-corrected chi connectivity index (χ3v) is 7.56. The lowest BCUT2D eigenvalue weighted by Gasteiger charge is -2.27. The van der Waals surface area contributed by atoms with E-state index in [1.165, 1.54) is 12.1 Å². The number of ether oxygens (including phenoxy) is 2. The van der Waals surface area contributed by atoms with Crippen molar-refractivity contribution < 1.29 is 22.3 Å². The predicted octanol–water partition coefficient (Wildman–Crippen LogP) is 3.75. The molecule has 2 aromatic heterocycles. The molecule has 1 spiro atoms. The van der Waals surface area contributed by atoms with Crippen molar-refractivity contribution in [1.29, 1.82) is 0 Å². The largest absolute Gasteiger partial charge is 0.483 e. The quantitative estimate of drug-likeness (QED) is 0.540. The van der Waals surface area contributed by atoms with E-state index in [9.17, 15) is 13.2 Å². The van der Waals surface area contributed by atoms with Gasteiger partial charge in [-0.05, 0) is 57.0 Å². The van der Waals surface area contributed by atoms with E-state index in [0.29, 0.717) is 41.1 Å². The van der Waals surface area contributed by atoms with Gasteiger partial charge in [-0.25, -0.2) is 18.5 Å². The van der Waals surface area contributed by atoms with Gasteiger partial charge < -0.3 is 13.9 Å². The summed E-state index contributed by atoms with van der Waals surface area (Å²) in [6, 6.07) is 6.48. The third kappa shape index (κ3) is 3.73. The number of aromatic nitrogens is 1. The maximum Gasteiger partial charge on any atom is 0.259 e. The molecule has 10 heteroatoms. The zero-order valence-corrected chi connectivity index (χ0v) is 19.9. The standard InChI is InChI=1S/C23H23ClN2O6S/c1-11-6-14(13(3)31-17-4-5-18(24)26-22(17)33(25,28)29)21-15(7-11)19(27)12(2)20(32-21)16-8-23(16)9-30-10-23/h4-7,13,16H,8-10H2,1-3H3,(H2,25,28,29)/t13-,16?/m1/s1. The fourth-order valence-corrected chi connectivity index (χ4v) is 5.39. The van der Waals surface area contributed by atoms with Crippen LogP contribution in [0, 0.1) is 19.3 Å². The summed E-state index contributed by atoms with van der Waals surface area (Å²) in [4.78, 5) is 17.1. The summed E-state index contributed by atoms with van der Waals surface area (Å²) in [6.07, 6.45) is 0.263. The van der Waals surface area contributed by atoms with Crippen molar-refractivity contribution in [1.82, 2.24) is 4.98 Å². The Morgan fingerprint density at radius 1 is 1.27 bits per heavy atom. The highest BCUT2D eigenvalue weighted by Gasteiger charge is 2.61. The molecule has 174 valence electrons. The fraction of sp³-hybridized carbons (Fsp3) is 0.391. The Morgan fingerprint density at radius 3 is 2.61 bits per heavy atom. The number of rotatable bonds is 5. The summed E-state index contributed by atoms with van der Waals surface area (Å²) in [6.45, 7) is 6.77. The highest BCUT2D eigenvalue weighted by Crippen LogP contribution is 2.64. The maximum absolute atomic E-state index is 13.3. The minimum atomic E-state index is -4.17. The second-order valence-corrected chi connectivity index (χ2v) is 10.9. The van der Waals surface area contributed by atoms with E-state index in [2.05, 4.69) is 4.98 Å². The molecule has 2 atom stereocenters. The second kappa shape index (κ2) is 7.53. The van der Waals surface area contributed by atoms with Crippen LogP contribution in [0.5, 0.6) is 5.75 Å². The van der Waals surface area contributed by atoms with Crippen LogP contribution >= 0.6 is 11.6 Å². The zero-order chi connectivity index (χ0) is 23.7. The summed E-state index contributed by atoms with van der Waals surface area (Å²) in [5.41, 5.74) is 2.52. The van der Waals surface area contributed by atoms with E-state index in [4.69, 9.17) is 30.6 Å². The van der Waals surface area contributed by atoms with E-state index in [-0.39, 0.29) is 27.7 Å². The smallest absolute Gasteiger partial charge is 0.259 e. The van der Waals surface area contributed by atoms with Gasteiger partial charge >= 0.3 is 0 Å². The summed E-state index contributed by atoms with van der Waals surface area (Å²) in [5.74, 6) is 0.807. The molecule has 5 rings (SSSR count). The van der Waals surface area contributed by atoms with Gasteiger partial charge in [-0.2, -0.15) is 0 Å². The number of benzene rings is 1. The van der Waals surface area contributed by atoms with Gasteiger partial charge in [-0.3, -0.25) is 4.79 Å². The molecule has 2 aliphatic rings. The number of aryl methyl sites for hydroxylation is 1. The molecule has 0 radical (unpaired) electrons. The molecule has 2 N–H and O–H groups in total. The summed E-state index contributed by atoms with van der Waals surface area (Å²) < 4.78 is 41.7. The van der Waals surface area contributed by atoms with E-state index >= 15 is 0 Å². The molecule has 33 heavy (non-hydrogen) atoms. The van der Waals surface area contributed by atoms with Gasteiger partial charge in [0.05, 0.1) is 18.6 Å². The first-order valence-electron chi connectivity index (χ1n) is 10.5. The number of primary sulfonamides is 1. The molecule has 1 saturated carbocycles. The average Bonchev–Trinajstić information content (AvgIpc) is 3.47. The van der Waals surface area contributed by atoms with Crippen LogP contribution in [0.2, 0.25) is 5.15 Å². The summed E-state index contributed by atoms with van der Waals surface area (Å²) in [7, 11) is -4.17. The minimum Gasteiger partial charge on any atom is -0.483 e. The lowest BCUT2D eigenvalue weighted by atomic mass is 9.97. The summed E-state index contributed by atoms with van der Waals surface area (Å²) >= 11 is 5.85. The Bertz CT molecular complexity index is 1460. The molecular formula is C23H23ClN2O6S. The number of fused-ring (bicyclic) bond motifs is 1. The zero-order valence-electron chi connectivity index (χ0n) is 18.3. The van der Waals surface area contributed by atoms with Crippen LogP contribution in [0.15, 0.2) is 38.5 Å². The fourth-order valence-electron chi connectivity index (χ4n) is 4.57. The Kier molecular flexibility index (Phi) is 5.09. The highest BCUT2D eigenvalue weighted by atomic mass is 35.5. The van der Waals surface area contributed by atoms with Gasteiger partial charge in [0.2, 0.25) is 5.03 Å². The van der Waals surface area contributed by atoms with Crippen LogP contribution in [0.3, 0.4) is 0 Å².